The lowest BCUT2D eigenvalue weighted by atomic mass is 10.0. The summed E-state index contributed by atoms with van der Waals surface area (Å²) in [5.74, 6) is -0.875. The van der Waals surface area contributed by atoms with E-state index in [4.69, 9.17) is 4.74 Å². The number of carbonyl (C=O) groups excluding carboxylic acids is 3. The Labute approximate surface area is 208 Å². The molecule has 3 aromatic carbocycles. The van der Waals surface area contributed by atoms with Crippen LogP contribution in [0.15, 0.2) is 76.5 Å². The first-order valence-electron chi connectivity index (χ1n) is 11.8. The first-order chi connectivity index (χ1) is 17.0. The van der Waals surface area contributed by atoms with Crippen molar-refractivity contribution in [2.75, 3.05) is 23.0 Å². The Kier molecular flexibility index (Phi) is 6.34. The molecule has 2 aliphatic heterocycles. The molecule has 6 nitrogen and oxygen atoms in total. The Morgan fingerprint density at radius 3 is 2.60 bits per heavy atom. The number of anilines is 2. The molecule has 178 valence electrons. The normalized spacial score (nSPS) is 15.4. The minimum absolute atomic E-state index is 0.151. The maximum atomic E-state index is 13.9. The van der Waals surface area contributed by atoms with E-state index in [0.29, 0.717) is 23.4 Å². The molecule has 2 amide bonds. The lowest BCUT2D eigenvalue weighted by Gasteiger charge is -2.35. The summed E-state index contributed by atoms with van der Waals surface area (Å²) in [5, 5.41) is 0. The molecule has 2 heterocycles. The summed E-state index contributed by atoms with van der Waals surface area (Å²) in [6.45, 7) is 4.36. The number of carbonyl (C=O) groups is 3. The third kappa shape index (κ3) is 4.21. The number of rotatable bonds is 4. The average Bonchev–Trinajstić information content (AvgIpc) is 3.01. The molecule has 0 spiro atoms. The average molecular weight is 487 g/mol. The van der Waals surface area contributed by atoms with Gasteiger partial charge in [-0.2, -0.15) is 0 Å². The fourth-order valence-electron chi connectivity index (χ4n) is 4.71. The second kappa shape index (κ2) is 9.58. The van der Waals surface area contributed by atoms with Gasteiger partial charge in [-0.05, 0) is 68.7 Å². The molecule has 0 saturated carbocycles. The van der Waals surface area contributed by atoms with Crippen LogP contribution in [0.2, 0.25) is 0 Å². The maximum Gasteiger partial charge on any atom is 0.338 e. The smallest absolute Gasteiger partial charge is 0.338 e. The van der Waals surface area contributed by atoms with Crippen molar-refractivity contribution in [2.45, 2.75) is 42.5 Å². The summed E-state index contributed by atoms with van der Waals surface area (Å²) in [4.78, 5) is 45.2. The highest BCUT2D eigenvalue weighted by atomic mass is 32.2. The molecule has 0 N–H and O–H groups in total. The minimum Gasteiger partial charge on any atom is -0.462 e. The SMILES string of the molecule is CCOC(=O)c1ccc2c(c1)N([C@H](C)C(=O)N1CCCc3ccccc31)C(=O)c1ccccc1S2. The molecule has 0 fully saturated rings. The van der Waals surface area contributed by atoms with Crippen LogP contribution < -0.4 is 9.80 Å². The lowest BCUT2D eigenvalue weighted by Crippen LogP contribution is -2.51. The van der Waals surface area contributed by atoms with Crippen LogP contribution in [-0.2, 0) is 16.0 Å². The summed E-state index contributed by atoms with van der Waals surface area (Å²) in [7, 11) is 0. The van der Waals surface area contributed by atoms with Crippen molar-refractivity contribution >= 4 is 40.9 Å². The molecule has 0 saturated heterocycles. The van der Waals surface area contributed by atoms with Crippen LogP contribution in [0.4, 0.5) is 11.4 Å². The number of fused-ring (bicyclic) bond motifs is 3. The van der Waals surface area contributed by atoms with Gasteiger partial charge in [0.15, 0.2) is 0 Å². The Balaban J connectivity index is 1.60. The standard InChI is InChI=1S/C28H26N2O4S/c1-3-34-28(33)20-14-15-25-23(17-20)30(27(32)21-11-5-7-13-24(21)35-25)18(2)26(31)29-16-8-10-19-9-4-6-12-22(19)29/h4-7,9,11-15,17-18H,3,8,10,16H2,1-2H3/t18-/m1/s1. The van der Waals surface area contributed by atoms with Crippen LogP contribution in [0.3, 0.4) is 0 Å². The molecule has 0 bridgehead atoms. The topological polar surface area (TPSA) is 66.9 Å². The van der Waals surface area contributed by atoms with Crippen molar-refractivity contribution in [3.05, 3.63) is 83.4 Å². The molecule has 0 radical (unpaired) electrons. The number of aryl methyl sites for hydroxylation is 1. The number of hydrogen-bond acceptors (Lipinski definition) is 5. The van der Waals surface area contributed by atoms with Gasteiger partial charge in [0.25, 0.3) is 5.91 Å². The van der Waals surface area contributed by atoms with Gasteiger partial charge in [0.05, 0.1) is 23.4 Å². The molecule has 2 aliphatic rings. The third-order valence-corrected chi connectivity index (χ3v) is 7.55. The van der Waals surface area contributed by atoms with Crippen LogP contribution in [0, 0.1) is 0 Å². The lowest BCUT2D eigenvalue weighted by molar-refractivity contribution is -0.119. The van der Waals surface area contributed by atoms with Crippen LogP contribution in [0.5, 0.6) is 0 Å². The minimum atomic E-state index is -0.781. The van der Waals surface area contributed by atoms with Gasteiger partial charge in [-0.15, -0.1) is 0 Å². The maximum absolute atomic E-state index is 13.9. The van der Waals surface area contributed by atoms with Crippen molar-refractivity contribution in [1.29, 1.82) is 0 Å². The molecule has 7 heteroatoms. The van der Waals surface area contributed by atoms with Crippen LogP contribution in [-0.4, -0.2) is 37.0 Å². The molecule has 0 unspecified atom stereocenters. The largest absolute Gasteiger partial charge is 0.462 e. The Bertz CT molecular complexity index is 1320. The summed E-state index contributed by atoms with van der Waals surface area (Å²) < 4.78 is 5.19. The van der Waals surface area contributed by atoms with E-state index in [0.717, 1.165) is 33.9 Å². The van der Waals surface area contributed by atoms with Crippen molar-refractivity contribution < 1.29 is 19.1 Å². The highest BCUT2D eigenvalue weighted by Crippen LogP contribution is 2.43. The highest BCUT2D eigenvalue weighted by molar-refractivity contribution is 7.99. The van der Waals surface area contributed by atoms with E-state index in [1.807, 2.05) is 48.5 Å². The molecular formula is C28H26N2O4S. The quantitative estimate of drug-likeness (QED) is 0.466. The summed E-state index contributed by atoms with van der Waals surface area (Å²) in [6, 6.07) is 19.7. The summed E-state index contributed by atoms with van der Waals surface area (Å²) >= 11 is 1.46. The Morgan fingerprint density at radius 1 is 1.00 bits per heavy atom. The van der Waals surface area contributed by atoms with Gasteiger partial charge < -0.3 is 9.64 Å². The van der Waals surface area contributed by atoms with Gasteiger partial charge in [0, 0.05) is 22.0 Å². The molecule has 35 heavy (non-hydrogen) atoms. The monoisotopic (exact) mass is 486 g/mol. The van der Waals surface area contributed by atoms with Gasteiger partial charge in [0.2, 0.25) is 5.91 Å². The fraction of sp³-hybridized carbons (Fsp3) is 0.250. The van der Waals surface area contributed by atoms with Gasteiger partial charge in [-0.1, -0.05) is 42.1 Å². The number of hydrogen-bond donors (Lipinski definition) is 0. The number of benzene rings is 3. The zero-order valence-corrected chi connectivity index (χ0v) is 20.5. The van der Waals surface area contributed by atoms with Crippen molar-refractivity contribution in [2.24, 2.45) is 0 Å². The van der Waals surface area contributed by atoms with E-state index in [9.17, 15) is 14.4 Å². The molecule has 1 atom stereocenters. The van der Waals surface area contributed by atoms with E-state index in [1.165, 1.54) is 16.7 Å². The molecule has 3 aromatic rings. The van der Waals surface area contributed by atoms with Crippen LogP contribution >= 0.6 is 11.8 Å². The fourth-order valence-corrected chi connectivity index (χ4v) is 5.75. The van der Waals surface area contributed by atoms with E-state index >= 15 is 0 Å². The second-order valence-electron chi connectivity index (χ2n) is 8.57. The molecule has 0 aromatic heterocycles. The Morgan fingerprint density at radius 2 is 1.77 bits per heavy atom. The molecular weight excluding hydrogens is 460 g/mol. The zero-order chi connectivity index (χ0) is 24.5. The van der Waals surface area contributed by atoms with Gasteiger partial charge >= 0.3 is 5.97 Å². The zero-order valence-electron chi connectivity index (χ0n) is 19.7. The Hall–Kier alpha value is -3.58. The number of nitrogens with zero attached hydrogens (tertiary/aromatic N) is 2. The predicted octanol–water partition coefficient (Wildman–Crippen LogP) is 5.34. The second-order valence-corrected chi connectivity index (χ2v) is 9.66. The summed E-state index contributed by atoms with van der Waals surface area (Å²) in [5.41, 5.74) is 3.44. The van der Waals surface area contributed by atoms with Crippen molar-refractivity contribution in [3.63, 3.8) is 0 Å². The van der Waals surface area contributed by atoms with E-state index in [2.05, 4.69) is 0 Å². The number of amides is 2. The van der Waals surface area contributed by atoms with Crippen LogP contribution in [0.1, 0.15) is 46.5 Å². The van der Waals surface area contributed by atoms with Crippen molar-refractivity contribution in [1.82, 2.24) is 0 Å². The van der Waals surface area contributed by atoms with Crippen LogP contribution in [0.25, 0.3) is 0 Å². The number of esters is 1. The van der Waals surface area contributed by atoms with Gasteiger partial charge in [0.1, 0.15) is 6.04 Å². The first kappa shape index (κ1) is 23.2. The van der Waals surface area contributed by atoms with E-state index < -0.39 is 12.0 Å². The highest BCUT2D eigenvalue weighted by Gasteiger charge is 2.37. The predicted molar refractivity (Wildman–Crippen MR) is 136 cm³/mol. The van der Waals surface area contributed by atoms with E-state index in [-0.39, 0.29) is 18.4 Å². The van der Waals surface area contributed by atoms with Gasteiger partial charge in [-0.25, -0.2) is 4.79 Å². The van der Waals surface area contributed by atoms with E-state index in [1.54, 1.807) is 36.9 Å². The molecule has 5 rings (SSSR count). The molecule has 0 aliphatic carbocycles. The third-order valence-electron chi connectivity index (χ3n) is 6.41. The van der Waals surface area contributed by atoms with Crippen molar-refractivity contribution in [3.8, 4) is 0 Å². The number of para-hydroxylation sites is 1. The first-order valence-corrected chi connectivity index (χ1v) is 12.6. The summed E-state index contributed by atoms with van der Waals surface area (Å²) in [6.07, 6.45) is 1.79. The van der Waals surface area contributed by atoms with Gasteiger partial charge in [-0.3, -0.25) is 14.5 Å². The number of ether oxygens (including phenoxy) is 1.